The van der Waals surface area contributed by atoms with Crippen LogP contribution < -0.4 is 0 Å². The molecule has 0 atom stereocenters. The lowest BCUT2D eigenvalue weighted by molar-refractivity contribution is 0.0734. The second-order valence-electron chi connectivity index (χ2n) is 4.10. The molecule has 0 aliphatic heterocycles. The minimum Gasteiger partial charge on any atom is -0.459 e. The van der Waals surface area contributed by atoms with E-state index in [4.69, 9.17) is 4.42 Å². The van der Waals surface area contributed by atoms with Crippen molar-refractivity contribution in [3.8, 4) is 0 Å². The fourth-order valence-corrected chi connectivity index (χ4v) is 1.87. The van der Waals surface area contributed by atoms with Crippen LogP contribution in [0.5, 0.6) is 0 Å². The highest BCUT2D eigenvalue weighted by Gasteiger charge is 2.16. The van der Waals surface area contributed by atoms with Crippen LogP contribution in [0.15, 0.2) is 53.1 Å². The summed E-state index contributed by atoms with van der Waals surface area (Å²) in [5.41, 5.74) is 1.24. The maximum Gasteiger partial charge on any atom is 0.289 e. The van der Waals surface area contributed by atoms with Gasteiger partial charge in [0.05, 0.1) is 6.26 Å². The topological polar surface area (TPSA) is 33.5 Å². The molecule has 3 nitrogen and oxygen atoms in total. The van der Waals surface area contributed by atoms with Crippen molar-refractivity contribution in [3.05, 3.63) is 60.1 Å². The molecule has 0 N–H and O–H groups in total. The molecule has 0 aliphatic carbocycles. The predicted octanol–water partition coefficient (Wildman–Crippen LogP) is 2.98. The standard InChI is InChI=1S/C15H17NO2/c1-2-16(15(17)14-9-6-12-18-14)11-10-13-7-4-3-5-8-13/h3-9,12H,2,10-11H2,1H3. The number of furan rings is 1. The van der Waals surface area contributed by atoms with Crippen molar-refractivity contribution in [2.45, 2.75) is 13.3 Å². The minimum atomic E-state index is -0.0431. The Balaban J connectivity index is 1.96. The van der Waals surface area contributed by atoms with Crippen molar-refractivity contribution in [1.29, 1.82) is 0 Å². The number of hydrogen-bond acceptors (Lipinski definition) is 2. The van der Waals surface area contributed by atoms with Gasteiger partial charge >= 0.3 is 0 Å². The first-order valence-corrected chi connectivity index (χ1v) is 6.18. The highest BCUT2D eigenvalue weighted by atomic mass is 16.3. The largest absolute Gasteiger partial charge is 0.459 e. The molecule has 1 heterocycles. The van der Waals surface area contributed by atoms with Crippen molar-refractivity contribution in [3.63, 3.8) is 0 Å². The number of likely N-dealkylation sites (N-methyl/N-ethyl adjacent to an activating group) is 1. The van der Waals surface area contributed by atoms with Crippen LogP contribution in [0.25, 0.3) is 0 Å². The molecule has 1 aromatic heterocycles. The van der Waals surface area contributed by atoms with Crippen LogP contribution in [-0.4, -0.2) is 23.9 Å². The quantitative estimate of drug-likeness (QED) is 0.809. The summed E-state index contributed by atoms with van der Waals surface area (Å²) in [6.07, 6.45) is 2.39. The van der Waals surface area contributed by atoms with Gasteiger partial charge in [0.2, 0.25) is 0 Å². The Morgan fingerprint density at radius 2 is 1.94 bits per heavy atom. The average molecular weight is 243 g/mol. The summed E-state index contributed by atoms with van der Waals surface area (Å²) in [5.74, 6) is 0.364. The van der Waals surface area contributed by atoms with Gasteiger partial charge in [0, 0.05) is 13.1 Å². The van der Waals surface area contributed by atoms with Crippen LogP contribution >= 0.6 is 0 Å². The fraction of sp³-hybridized carbons (Fsp3) is 0.267. The van der Waals surface area contributed by atoms with Gasteiger partial charge in [-0.05, 0) is 31.0 Å². The maximum absolute atomic E-state index is 12.1. The van der Waals surface area contributed by atoms with Gasteiger partial charge in [-0.3, -0.25) is 4.79 Å². The molecule has 1 amide bonds. The summed E-state index contributed by atoms with van der Waals surface area (Å²) < 4.78 is 5.14. The second kappa shape index (κ2) is 6.05. The van der Waals surface area contributed by atoms with Crippen molar-refractivity contribution in [1.82, 2.24) is 4.90 Å². The van der Waals surface area contributed by atoms with E-state index in [9.17, 15) is 4.79 Å². The maximum atomic E-state index is 12.1. The summed E-state index contributed by atoms with van der Waals surface area (Å²) in [5, 5.41) is 0. The second-order valence-corrected chi connectivity index (χ2v) is 4.10. The lowest BCUT2D eigenvalue weighted by Crippen LogP contribution is -2.32. The molecule has 0 aliphatic rings. The van der Waals surface area contributed by atoms with Gasteiger partial charge in [0.15, 0.2) is 5.76 Å². The minimum absolute atomic E-state index is 0.0431. The molecule has 2 aromatic rings. The zero-order valence-electron chi connectivity index (χ0n) is 10.5. The number of nitrogens with zero attached hydrogens (tertiary/aromatic N) is 1. The Morgan fingerprint density at radius 1 is 1.17 bits per heavy atom. The van der Waals surface area contributed by atoms with Gasteiger partial charge < -0.3 is 9.32 Å². The molecule has 0 saturated carbocycles. The molecule has 0 radical (unpaired) electrons. The molecule has 3 heteroatoms. The SMILES string of the molecule is CCN(CCc1ccccc1)C(=O)c1ccco1. The molecule has 0 saturated heterocycles. The first-order valence-electron chi connectivity index (χ1n) is 6.18. The fourth-order valence-electron chi connectivity index (χ4n) is 1.87. The van der Waals surface area contributed by atoms with E-state index in [0.29, 0.717) is 18.8 Å². The van der Waals surface area contributed by atoms with Crippen LogP contribution in [-0.2, 0) is 6.42 Å². The van der Waals surface area contributed by atoms with Crippen molar-refractivity contribution >= 4 is 5.91 Å². The number of benzene rings is 1. The number of carbonyl (C=O) groups is 1. The molecule has 1 aromatic carbocycles. The van der Waals surface area contributed by atoms with Gasteiger partial charge in [-0.1, -0.05) is 30.3 Å². The van der Waals surface area contributed by atoms with Crippen LogP contribution in [0.2, 0.25) is 0 Å². The Kier molecular flexibility index (Phi) is 4.18. The van der Waals surface area contributed by atoms with Gasteiger partial charge in [-0.15, -0.1) is 0 Å². The Bertz CT molecular complexity index is 476. The van der Waals surface area contributed by atoms with E-state index in [1.165, 1.54) is 11.8 Å². The van der Waals surface area contributed by atoms with E-state index in [-0.39, 0.29) is 5.91 Å². The molecular formula is C15H17NO2. The third kappa shape index (κ3) is 3.00. The zero-order chi connectivity index (χ0) is 12.8. The van der Waals surface area contributed by atoms with E-state index in [0.717, 1.165) is 6.42 Å². The monoisotopic (exact) mass is 243 g/mol. The Hall–Kier alpha value is -2.03. The lowest BCUT2D eigenvalue weighted by atomic mass is 10.1. The third-order valence-electron chi connectivity index (χ3n) is 2.91. The van der Waals surface area contributed by atoms with Crippen LogP contribution in [0.4, 0.5) is 0 Å². The molecule has 94 valence electrons. The summed E-state index contributed by atoms with van der Waals surface area (Å²) in [4.78, 5) is 13.9. The van der Waals surface area contributed by atoms with Gasteiger partial charge in [-0.2, -0.15) is 0 Å². The third-order valence-corrected chi connectivity index (χ3v) is 2.91. The summed E-state index contributed by atoms with van der Waals surface area (Å²) in [7, 11) is 0. The van der Waals surface area contributed by atoms with Gasteiger partial charge in [0.1, 0.15) is 0 Å². The number of rotatable bonds is 5. The molecular weight excluding hydrogens is 226 g/mol. The summed E-state index contributed by atoms with van der Waals surface area (Å²) in [6.45, 7) is 3.37. The Labute approximate surface area is 107 Å². The van der Waals surface area contributed by atoms with Crippen LogP contribution in [0.1, 0.15) is 23.0 Å². The average Bonchev–Trinajstić information content (AvgIpc) is 2.94. The lowest BCUT2D eigenvalue weighted by Gasteiger charge is -2.19. The molecule has 2 rings (SSSR count). The van der Waals surface area contributed by atoms with E-state index in [1.807, 2.05) is 25.1 Å². The van der Waals surface area contributed by atoms with Crippen LogP contribution in [0, 0.1) is 0 Å². The van der Waals surface area contributed by atoms with Gasteiger partial charge in [-0.25, -0.2) is 0 Å². The predicted molar refractivity (Wildman–Crippen MR) is 70.4 cm³/mol. The smallest absolute Gasteiger partial charge is 0.289 e. The first-order chi connectivity index (χ1) is 8.81. The molecule has 0 fully saturated rings. The van der Waals surface area contributed by atoms with E-state index >= 15 is 0 Å². The summed E-state index contributed by atoms with van der Waals surface area (Å²) in [6, 6.07) is 13.6. The van der Waals surface area contributed by atoms with Crippen molar-refractivity contribution in [2.24, 2.45) is 0 Å². The number of carbonyl (C=O) groups excluding carboxylic acids is 1. The molecule has 0 bridgehead atoms. The first kappa shape index (κ1) is 12.4. The molecule has 18 heavy (non-hydrogen) atoms. The molecule has 0 spiro atoms. The molecule has 0 unspecified atom stereocenters. The van der Waals surface area contributed by atoms with Crippen LogP contribution in [0.3, 0.4) is 0 Å². The number of amides is 1. The van der Waals surface area contributed by atoms with Crippen molar-refractivity contribution in [2.75, 3.05) is 13.1 Å². The summed E-state index contributed by atoms with van der Waals surface area (Å²) >= 11 is 0. The zero-order valence-corrected chi connectivity index (χ0v) is 10.5. The number of hydrogen-bond donors (Lipinski definition) is 0. The highest BCUT2D eigenvalue weighted by molar-refractivity contribution is 5.91. The van der Waals surface area contributed by atoms with E-state index in [2.05, 4.69) is 12.1 Å². The van der Waals surface area contributed by atoms with E-state index < -0.39 is 0 Å². The normalized spacial score (nSPS) is 10.3. The Morgan fingerprint density at radius 3 is 2.56 bits per heavy atom. The van der Waals surface area contributed by atoms with Gasteiger partial charge in [0.25, 0.3) is 5.91 Å². The van der Waals surface area contributed by atoms with Crippen molar-refractivity contribution < 1.29 is 9.21 Å². The highest BCUT2D eigenvalue weighted by Crippen LogP contribution is 2.07. The van der Waals surface area contributed by atoms with E-state index in [1.54, 1.807) is 17.0 Å².